The molecular formula is C36H56O8. The van der Waals surface area contributed by atoms with Crippen molar-refractivity contribution in [3.8, 4) is 0 Å². The third kappa shape index (κ3) is 12.2. The lowest BCUT2D eigenvalue weighted by molar-refractivity contribution is -0.147. The molecule has 2 saturated carbocycles. The summed E-state index contributed by atoms with van der Waals surface area (Å²) in [6, 6.07) is 0. The monoisotopic (exact) mass is 616 g/mol. The van der Waals surface area contributed by atoms with E-state index in [2.05, 4.69) is 0 Å². The summed E-state index contributed by atoms with van der Waals surface area (Å²) in [6.07, 6.45) is 18.0. The van der Waals surface area contributed by atoms with E-state index < -0.39 is 10.8 Å². The van der Waals surface area contributed by atoms with E-state index in [1.165, 1.54) is 50.7 Å². The predicted molar refractivity (Wildman–Crippen MR) is 169 cm³/mol. The fourth-order valence-corrected chi connectivity index (χ4v) is 6.58. The number of ether oxygens (including phenoxy) is 4. The Hall–Kier alpha value is -2.32. The molecule has 0 radical (unpaired) electrons. The Balaban J connectivity index is 1.34. The maximum absolute atomic E-state index is 13.2. The molecule has 0 aromatic rings. The van der Waals surface area contributed by atoms with Gasteiger partial charge in [0.25, 0.3) is 0 Å². The number of allylic oxidation sites excluding steroid dienone is 4. The summed E-state index contributed by atoms with van der Waals surface area (Å²) in [7, 11) is 0. The molecule has 0 bridgehead atoms. The molecule has 0 saturated heterocycles. The molecule has 0 aromatic heterocycles. The third-order valence-corrected chi connectivity index (χ3v) is 9.41. The Kier molecular flexibility index (Phi) is 14.8. The van der Waals surface area contributed by atoms with Gasteiger partial charge in [0, 0.05) is 24.0 Å². The summed E-state index contributed by atoms with van der Waals surface area (Å²) in [6.45, 7) is 9.11. The van der Waals surface area contributed by atoms with Crippen molar-refractivity contribution in [1.29, 1.82) is 0 Å². The number of hydrogen-bond donors (Lipinski definition) is 0. The topological polar surface area (TPSA) is 105 Å². The fourth-order valence-electron chi connectivity index (χ4n) is 6.58. The predicted octanol–water partition coefficient (Wildman–Crippen LogP) is 7.17. The van der Waals surface area contributed by atoms with Gasteiger partial charge in [-0.05, 0) is 74.3 Å². The lowest BCUT2D eigenvalue weighted by Crippen LogP contribution is -2.30. The minimum Gasteiger partial charge on any atom is -0.463 e. The van der Waals surface area contributed by atoms with Gasteiger partial charge in [-0.25, -0.2) is 0 Å². The molecule has 3 aliphatic rings. The quantitative estimate of drug-likeness (QED) is 0.0907. The number of rotatable bonds is 18. The normalized spacial score (nSPS) is 19.0. The third-order valence-electron chi connectivity index (χ3n) is 9.41. The number of carbonyl (C=O) groups is 4. The summed E-state index contributed by atoms with van der Waals surface area (Å²) in [5, 5.41) is 0. The highest BCUT2D eigenvalue weighted by Crippen LogP contribution is 2.40. The van der Waals surface area contributed by atoms with Crippen molar-refractivity contribution in [3.63, 3.8) is 0 Å². The lowest BCUT2D eigenvalue weighted by atomic mass is 9.70. The average Bonchev–Trinajstić information content (AvgIpc) is 2.99. The second-order valence-electron chi connectivity index (χ2n) is 14.0. The van der Waals surface area contributed by atoms with Crippen molar-refractivity contribution in [2.45, 2.75) is 143 Å². The van der Waals surface area contributed by atoms with Crippen molar-refractivity contribution in [3.05, 3.63) is 23.3 Å². The van der Waals surface area contributed by atoms with E-state index >= 15 is 0 Å². The maximum atomic E-state index is 13.2. The smallest absolute Gasteiger partial charge is 0.305 e. The first-order chi connectivity index (χ1) is 21.0. The van der Waals surface area contributed by atoms with Gasteiger partial charge in [-0.15, -0.1) is 0 Å². The summed E-state index contributed by atoms with van der Waals surface area (Å²) >= 11 is 0. The number of ketones is 2. The first kappa shape index (κ1) is 36.2. The van der Waals surface area contributed by atoms with E-state index in [0.717, 1.165) is 25.7 Å². The zero-order valence-electron chi connectivity index (χ0n) is 27.7. The molecule has 0 N–H and O–H groups in total. The van der Waals surface area contributed by atoms with Crippen LogP contribution < -0.4 is 0 Å². The molecule has 3 aliphatic carbocycles. The molecule has 8 nitrogen and oxygen atoms in total. The van der Waals surface area contributed by atoms with Crippen LogP contribution in [0.3, 0.4) is 0 Å². The second kappa shape index (κ2) is 18.0. The average molecular weight is 617 g/mol. The molecule has 44 heavy (non-hydrogen) atoms. The van der Waals surface area contributed by atoms with Crippen molar-refractivity contribution in [2.24, 2.45) is 10.8 Å². The molecule has 3 rings (SSSR count). The van der Waals surface area contributed by atoms with Gasteiger partial charge in [0.15, 0.2) is 11.6 Å². The Morgan fingerprint density at radius 2 is 0.977 bits per heavy atom. The van der Waals surface area contributed by atoms with E-state index in [4.69, 9.17) is 18.9 Å². The highest BCUT2D eigenvalue weighted by molar-refractivity contribution is 6.20. The minimum atomic E-state index is -0.562. The minimum absolute atomic E-state index is 0.169. The Bertz CT molecular complexity index is 943. The van der Waals surface area contributed by atoms with Crippen molar-refractivity contribution >= 4 is 23.5 Å². The van der Waals surface area contributed by atoms with Crippen LogP contribution in [0.1, 0.15) is 130 Å². The van der Waals surface area contributed by atoms with Gasteiger partial charge in [-0.3, -0.25) is 19.2 Å². The van der Waals surface area contributed by atoms with Gasteiger partial charge in [-0.1, -0.05) is 66.2 Å². The van der Waals surface area contributed by atoms with Crippen LogP contribution >= 0.6 is 0 Å². The Labute approximate surface area is 264 Å². The molecule has 0 unspecified atom stereocenters. The highest BCUT2D eigenvalue weighted by atomic mass is 16.6. The molecule has 8 heteroatoms. The zero-order chi connectivity index (χ0) is 32.0. The molecule has 0 spiro atoms. The van der Waals surface area contributed by atoms with Crippen LogP contribution in [0.2, 0.25) is 0 Å². The van der Waals surface area contributed by atoms with Crippen LogP contribution in [0.4, 0.5) is 0 Å². The Morgan fingerprint density at radius 3 is 1.34 bits per heavy atom. The Morgan fingerprint density at radius 1 is 0.614 bits per heavy atom. The van der Waals surface area contributed by atoms with Crippen molar-refractivity contribution < 1.29 is 38.1 Å². The molecule has 0 atom stereocenters. The van der Waals surface area contributed by atoms with Crippen LogP contribution in [0.5, 0.6) is 0 Å². The van der Waals surface area contributed by atoms with E-state index in [0.29, 0.717) is 50.0 Å². The number of hydrogen-bond acceptors (Lipinski definition) is 8. The van der Waals surface area contributed by atoms with Gasteiger partial charge >= 0.3 is 11.9 Å². The molecule has 0 aromatic carbocycles. The van der Waals surface area contributed by atoms with E-state index in [-0.39, 0.29) is 61.8 Å². The second-order valence-corrected chi connectivity index (χ2v) is 14.0. The van der Waals surface area contributed by atoms with Crippen LogP contribution in [0, 0.1) is 10.8 Å². The first-order valence-electron chi connectivity index (χ1n) is 17.1. The molecular weight excluding hydrogens is 560 g/mol. The highest BCUT2D eigenvalue weighted by Gasteiger charge is 2.36. The first-order valence-corrected chi connectivity index (χ1v) is 17.1. The van der Waals surface area contributed by atoms with Gasteiger partial charge in [0.05, 0.1) is 25.4 Å². The lowest BCUT2D eigenvalue weighted by Gasteiger charge is -2.32. The van der Waals surface area contributed by atoms with Crippen molar-refractivity contribution in [1.82, 2.24) is 0 Å². The molecule has 248 valence electrons. The summed E-state index contributed by atoms with van der Waals surface area (Å²) in [4.78, 5) is 50.8. The van der Waals surface area contributed by atoms with E-state index in [9.17, 15) is 19.2 Å². The van der Waals surface area contributed by atoms with Gasteiger partial charge in [0.2, 0.25) is 0 Å². The summed E-state index contributed by atoms with van der Waals surface area (Å²) in [5.41, 5.74) is -0.188. The van der Waals surface area contributed by atoms with Gasteiger partial charge in [-0.2, -0.15) is 0 Å². The number of esters is 2. The standard InChI is InChI=1S/C36H56O8/c1-35(2,19-11-17-33(39)43-23-21-41-27-13-7-5-8-14-27)29-25-32(38)30(26-31(29)37)36(3,4)20-12-18-34(40)44-24-22-42-28-15-9-6-10-16-28/h25-28H,5-24H2,1-4H3. The van der Waals surface area contributed by atoms with Crippen LogP contribution in [0.25, 0.3) is 0 Å². The van der Waals surface area contributed by atoms with Gasteiger partial charge in [0.1, 0.15) is 13.2 Å². The molecule has 0 heterocycles. The van der Waals surface area contributed by atoms with Crippen LogP contribution in [-0.4, -0.2) is 62.1 Å². The summed E-state index contributed by atoms with van der Waals surface area (Å²) < 4.78 is 22.3. The fraction of sp³-hybridized carbons (Fsp3) is 0.778. The maximum Gasteiger partial charge on any atom is 0.305 e. The summed E-state index contributed by atoms with van der Waals surface area (Å²) in [5.74, 6) is -0.877. The van der Waals surface area contributed by atoms with Crippen LogP contribution in [-0.2, 0) is 38.1 Å². The molecule has 0 amide bonds. The van der Waals surface area contributed by atoms with E-state index in [1.807, 2.05) is 27.7 Å². The van der Waals surface area contributed by atoms with E-state index in [1.54, 1.807) is 0 Å². The number of carbonyl (C=O) groups excluding carboxylic acids is 4. The van der Waals surface area contributed by atoms with Crippen LogP contribution in [0.15, 0.2) is 23.3 Å². The molecule has 2 fully saturated rings. The largest absolute Gasteiger partial charge is 0.463 e. The van der Waals surface area contributed by atoms with Gasteiger partial charge < -0.3 is 18.9 Å². The SMILES string of the molecule is CC(C)(CCCC(=O)OCCOC1CCCCC1)C1=CC(=O)C(C(C)(C)CCCC(=O)OCCOC2CCCCC2)=CC1=O. The zero-order valence-corrected chi connectivity index (χ0v) is 27.7. The van der Waals surface area contributed by atoms with Crippen molar-refractivity contribution in [2.75, 3.05) is 26.4 Å². The molecule has 0 aliphatic heterocycles.